The van der Waals surface area contributed by atoms with E-state index in [0.717, 1.165) is 6.07 Å². The molecule has 1 aromatic rings. The maximum atomic E-state index is 12.2. The Labute approximate surface area is 138 Å². The maximum absolute atomic E-state index is 12.2. The molecule has 0 heterocycles. The quantitative estimate of drug-likeness (QED) is 0.609. The van der Waals surface area contributed by atoms with Crippen LogP contribution in [-0.2, 0) is 4.79 Å². The first kappa shape index (κ1) is 18.9. The zero-order valence-electron chi connectivity index (χ0n) is 13.1. The second-order valence-corrected chi connectivity index (χ2v) is 6.82. The van der Waals surface area contributed by atoms with Crippen LogP contribution in [-0.4, -0.2) is 27.9 Å². The largest absolute Gasteiger partial charge is 0.480 e. The van der Waals surface area contributed by atoms with Crippen molar-refractivity contribution in [2.24, 2.45) is 5.41 Å². The van der Waals surface area contributed by atoms with Crippen LogP contribution >= 0.6 is 11.6 Å². The van der Waals surface area contributed by atoms with Crippen molar-refractivity contribution >= 4 is 29.2 Å². The van der Waals surface area contributed by atoms with Gasteiger partial charge >= 0.3 is 5.97 Å². The number of hydrogen-bond acceptors (Lipinski definition) is 4. The molecule has 7 nitrogen and oxygen atoms in total. The van der Waals surface area contributed by atoms with Crippen molar-refractivity contribution < 1.29 is 19.6 Å². The number of nitrogens with zero attached hydrogens (tertiary/aromatic N) is 1. The van der Waals surface area contributed by atoms with E-state index in [9.17, 15) is 24.8 Å². The first-order valence-electron chi connectivity index (χ1n) is 6.99. The molecular weight excluding hydrogens is 324 g/mol. The zero-order valence-corrected chi connectivity index (χ0v) is 13.9. The number of rotatable bonds is 6. The molecule has 23 heavy (non-hydrogen) atoms. The van der Waals surface area contributed by atoms with Crippen LogP contribution in [0.1, 0.15) is 44.0 Å². The first-order valence-corrected chi connectivity index (χ1v) is 7.36. The van der Waals surface area contributed by atoms with Gasteiger partial charge in [0.2, 0.25) is 0 Å². The molecule has 0 aromatic heterocycles. The van der Waals surface area contributed by atoms with Crippen molar-refractivity contribution in [3.05, 3.63) is 38.9 Å². The Morgan fingerprint density at radius 2 is 2.00 bits per heavy atom. The number of carbonyl (C=O) groups excluding carboxylic acids is 1. The van der Waals surface area contributed by atoms with Gasteiger partial charge in [-0.3, -0.25) is 14.9 Å². The van der Waals surface area contributed by atoms with Crippen molar-refractivity contribution in [1.29, 1.82) is 0 Å². The van der Waals surface area contributed by atoms with E-state index in [4.69, 9.17) is 11.6 Å². The fraction of sp³-hybridized carbons (Fsp3) is 0.467. The van der Waals surface area contributed by atoms with E-state index in [1.54, 1.807) is 0 Å². The van der Waals surface area contributed by atoms with Gasteiger partial charge < -0.3 is 10.4 Å². The number of carbonyl (C=O) groups is 2. The second kappa shape index (κ2) is 7.41. The number of hydrogen-bond donors (Lipinski definition) is 2. The highest BCUT2D eigenvalue weighted by atomic mass is 35.5. The average Bonchev–Trinajstić information content (AvgIpc) is 2.41. The molecule has 0 saturated heterocycles. The van der Waals surface area contributed by atoms with E-state index >= 15 is 0 Å². The lowest BCUT2D eigenvalue weighted by Gasteiger charge is -2.21. The van der Waals surface area contributed by atoms with Crippen LogP contribution in [0.5, 0.6) is 0 Å². The third kappa shape index (κ3) is 5.86. The van der Waals surface area contributed by atoms with Crippen LogP contribution in [0.2, 0.25) is 5.02 Å². The number of carboxylic acids is 1. The summed E-state index contributed by atoms with van der Waals surface area (Å²) in [4.78, 5) is 33.8. The highest BCUT2D eigenvalue weighted by Crippen LogP contribution is 2.24. The molecule has 0 fully saturated rings. The van der Waals surface area contributed by atoms with Gasteiger partial charge in [-0.05, 0) is 30.4 Å². The predicted octanol–water partition coefficient (Wildman–Crippen LogP) is 3.26. The van der Waals surface area contributed by atoms with Crippen LogP contribution in [0.25, 0.3) is 0 Å². The summed E-state index contributed by atoms with van der Waals surface area (Å²) in [5.41, 5.74) is -0.776. The number of nitrogens with one attached hydrogen (secondary N) is 1. The first-order chi connectivity index (χ1) is 10.5. The minimum absolute atomic E-state index is 0.0926. The Balaban J connectivity index is 2.96. The van der Waals surface area contributed by atoms with Crippen molar-refractivity contribution in [1.82, 2.24) is 5.32 Å². The van der Waals surface area contributed by atoms with Crippen molar-refractivity contribution in [2.75, 3.05) is 0 Å². The van der Waals surface area contributed by atoms with Crippen LogP contribution < -0.4 is 5.32 Å². The lowest BCUT2D eigenvalue weighted by molar-refractivity contribution is -0.385. The summed E-state index contributed by atoms with van der Waals surface area (Å²) in [6, 6.07) is 2.49. The number of amides is 1. The summed E-state index contributed by atoms with van der Waals surface area (Å²) in [5, 5.41) is 22.7. The number of carboxylic acid groups (broad SMARTS) is 1. The highest BCUT2D eigenvalue weighted by molar-refractivity contribution is 6.31. The van der Waals surface area contributed by atoms with E-state index in [1.165, 1.54) is 12.1 Å². The van der Waals surface area contributed by atoms with Crippen molar-refractivity contribution in [2.45, 2.75) is 39.7 Å². The molecule has 1 rings (SSSR count). The third-order valence-electron chi connectivity index (χ3n) is 3.19. The lowest BCUT2D eigenvalue weighted by Crippen LogP contribution is -2.41. The monoisotopic (exact) mass is 342 g/mol. The van der Waals surface area contributed by atoms with E-state index in [1.807, 2.05) is 20.8 Å². The smallest absolute Gasteiger partial charge is 0.326 e. The minimum Gasteiger partial charge on any atom is -0.480 e. The van der Waals surface area contributed by atoms with Crippen LogP contribution in [0.15, 0.2) is 18.2 Å². The number of halogens is 1. The molecule has 1 amide bonds. The van der Waals surface area contributed by atoms with Crippen LogP contribution in [0, 0.1) is 15.5 Å². The van der Waals surface area contributed by atoms with Gasteiger partial charge in [0.15, 0.2) is 0 Å². The Morgan fingerprint density at radius 3 is 2.48 bits per heavy atom. The van der Waals surface area contributed by atoms with E-state index in [-0.39, 0.29) is 22.4 Å². The third-order valence-corrected chi connectivity index (χ3v) is 3.42. The zero-order chi connectivity index (χ0) is 17.8. The molecule has 0 saturated carbocycles. The molecule has 126 valence electrons. The summed E-state index contributed by atoms with van der Waals surface area (Å²) in [7, 11) is 0. The Bertz CT molecular complexity index is 625. The molecule has 8 heteroatoms. The van der Waals surface area contributed by atoms with Gasteiger partial charge in [0.05, 0.1) is 4.92 Å². The number of benzene rings is 1. The van der Waals surface area contributed by atoms with E-state index < -0.39 is 28.5 Å². The normalized spacial score (nSPS) is 12.5. The molecule has 0 aliphatic heterocycles. The van der Waals surface area contributed by atoms with Gasteiger partial charge in [-0.25, -0.2) is 4.79 Å². The fourth-order valence-electron chi connectivity index (χ4n) is 1.92. The standard InChI is InChI=1S/C15H19ClN2O5/c1-15(2,3)7-6-11(14(20)21)17-13(19)10-5-4-9(16)8-12(10)18(22)23/h4-5,8,11H,6-7H2,1-3H3,(H,17,19)(H,20,21). The van der Waals surface area contributed by atoms with Gasteiger partial charge in [-0.15, -0.1) is 0 Å². The molecule has 0 spiro atoms. The molecule has 0 aliphatic carbocycles. The summed E-state index contributed by atoms with van der Waals surface area (Å²) >= 11 is 5.69. The molecule has 0 radical (unpaired) electrons. The molecule has 0 aliphatic rings. The highest BCUT2D eigenvalue weighted by Gasteiger charge is 2.27. The van der Waals surface area contributed by atoms with E-state index in [2.05, 4.69) is 5.32 Å². The molecule has 2 N–H and O–H groups in total. The Hall–Kier alpha value is -2.15. The van der Waals surface area contributed by atoms with Crippen LogP contribution in [0.3, 0.4) is 0 Å². The fourth-order valence-corrected chi connectivity index (χ4v) is 2.08. The number of nitro groups is 1. The number of nitro benzene ring substituents is 1. The average molecular weight is 343 g/mol. The SMILES string of the molecule is CC(C)(C)CCC(NC(=O)c1ccc(Cl)cc1[N+](=O)[O-])C(=O)O. The Kier molecular flexibility index (Phi) is 6.09. The number of aliphatic carboxylic acids is 1. The summed E-state index contributed by atoms with van der Waals surface area (Å²) in [6.07, 6.45) is 0.804. The second-order valence-electron chi connectivity index (χ2n) is 6.38. The van der Waals surface area contributed by atoms with E-state index in [0.29, 0.717) is 6.42 Å². The van der Waals surface area contributed by atoms with Crippen molar-refractivity contribution in [3.63, 3.8) is 0 Å². The lowest BCUT2D eigenvalue weighted by atomic mass is 9.88. The van der Waals surface area contributed by atoms with Crippen molar-refractivity contribution in [3.8, 4) is 0 Å². The maximum Gasteiger partial charge on any atom is 0.326 e. The Morgan fingerprint density at radius 1 is 1.39 bits per heavy atom. The minimum atomic E-state index is -1.18. The summed E-state index contributed by atoms with van der Waals surface area (Å²) in [6.45, 7) is 5.87. The topological polar surface area (TPSA) is 110 Å². The van der Waals surface area contributed by atoms with Gasteiger partial charge in [-0.1, -0.05) is 32.4 Å². The molecular formula is C15H19ClN2O5. The van der Waals surface area contributed by atoms with Gasteiger partial charge in [-0.2, -0.15) is 0 Å². The molecule has 1 atom stereocenters. The van der Waals surface area contributed by atoms with Gasteiger partial charge in [0.1, 0.15) is 11.6 Å². The predicted molar refractivity (Wildman–Crippen MR) is 85.7 cm³/mol. The molecule has 1 unspecified atom stereocenters. The van der Waals surface area contributed by atoms with Gasteiger partial charge in [0.25, 0.3) is 11.6 Å². The van der Waals surface area contributed by atoms with Crippen LogP contribution in [0.4, 0.5) is 5.69 Å². The summed E-state index contributed by atoms with van der Waals surface area (Å²) < 4.78 is 0. The molecule has 1 aromatic carbocycles. The molecule has 0 bridgehead atoms. The summed E-state index contributed by atoms with van der Waals surface area (Å²) in [5.74, 6) is -1.99. The van der Waals surface area contributed by atoms with Gasteiger partial charge in [0, 0.05) is 11.1 Å².